The Balaban J connectivity index is 0.0000122. The molecule has 210 valence electrons. The van der Waals surface area contributed by atoms with E-state index in [1.165, 1.54) is 25.7 Å². The number of halogens is 1. The van der Waals surface area contributed by atoms with Crippen molar-refractivity contribution in [1.82, 2.24) is 21.3 Å². The van der Waals surface area contributed by atoms with E-state index in [0.717, 1.165) is 38.6 Å². The predicted molar refractivity (Wildman–Crippen MR) is 137 cm³/mol. The van der Waals surface area contributed by atoms with Crippen molar-refractivity contribution in [2.75, 3.05) is 13.1 Å². The summed E-state index contributed by atoms with van der Waals surface area (Å²) in [5, 5.41) is 11.3. The van der Waals surface area contributed by atoms with E-state index in [2.05, 4.69) is 33.9 Å². The van der Waals surface area contributed by atoms with Gasteiger partial charge in [-0.05, 0) is 38.0 Å². The van der Waals surface area contributed by atoms with Crippen LogP contribution in [0.3, 0.4) is 0 Å². The molecule has 0 saturated carbocycles. The molecule has 1 aliphatic heterocycles. The molecule has 9 nitrogen and oxygen atoms in total. The third kappa shape index (κ3) is 15.3. The molecular formula is C26H50ClN5O4. The van der Waals surface area contributed by atoms with E-state index in [4.69, 9.17) is 0 Å². The first kappa shape index (κ1) is 34.1. The summed E-state index contributed by atoms with van der Waals surface area (Å²) in [5.41, 5.74) is 3.82. The highest BCUT2D eigenvalue weighted by Crippen LogP contribution is 2.13. The number of hydrogen-bond donors (Lipinski definition) is 5. The lowest BCUT2D eigenvalue weighted by Crippen LogP contribution is -3.00. The Hall–Kier alpha value is -1.87. The van der Waals surface area contributed by atoms with E-state index in [9.17, 15) is 19.2 Å². The van der Waals surface area contributed by atoms with E-state index < -0.39 is 18.0 Å². The van der Waals surface area contributed by atoms with E-state index in [-0.39, 0.29) is 55.1 Å². The summed E-state index contributed by atoms with van der Waals surface area (Å²) < 4.78 is 0. The second-order valence-corrected chi connectivity index (χ2v) is 10.3. The summed E-state index contributed by atoms with van der Waals surface area (Å²) in [7, 11) is 0. The maximum atomic E-state index is 13.2. The number of carbonyl (C=O) groups is 4. The molecule has 0 aromatic carbocycles. The van der Waals surface area contributed by atoms with Crippen LogP contribution in [-0.2, 0) is 19.2 Å². The zero-order valence-corrected chi connectivity index (χ0v) is 23.4. The van der Waals surface area contributed by atoms with Gasteiger partial charge in [0.1, 0.15) is 12.1 Å². The van der Waals surface area contributed by atoms with Gasteiger partial charge in [-0.2, -0.15) is 0 Å². The van der Waals surface area contributed by atoms with Gasteiger partial charge in [-0.1, -0.05) is 65.7 Å². The Morgan fingerprint density at radius 3 is 2.03 bits per heavy atom. The number of quaternary nitrogens is 1. The van der Waals surface area contributed by atoms with Gasteiger partial charge in [0.25, 0.3) is 0 Å². The van der Waals surface area contributed by atoms with Crippen LogP contribution in [0, 0.1) is 5.92 Å². The molecule has 1 rings (SSSR count). The molecule has 0 unspecified atom stereocenters. The normalized spacial score (nSPS) is 21.8. The monoisotopic (exact) mass is 531 g/mol. The zero-order valence-electron chi connectivity index (χ0n) is 22.6. The lowest BCUT2D eigenvalue weighted by molar-refractivity contribution is -0.368. The van der Waals surface area contributed by atoms with Gasteiger partial charge in [-0.15, -0.1) is 0 Å². The predicted octanol–water partition coefficient (Wildman–Crippen LogP) is -1.44. The molecule has 0 spiro atoms. The molecule has 0 aromatic heterocycles. The van der Waals surface area contributed by atoms with E-state index >= 15 is 0 Å². The maximum Gasteiger partial charge on any atom is 0.243 e. The van der Waals surface area contributed by atoms with Crippen LogP contribution in [0.4, 0.5) is 0 Å². The van der Waals surface area contributed by atoms with Crippen molar-refractivity contribution < 1.29 is 37.3 Å². The first-order chi connectivity index (χ1) is 16.8. The van der Waals surface area contributed by atoms with Gasteiger partial charge in [0.15, 0.2) is 0 Å². The largest absolute Gasteiger partial charge is 1.00 e. The van der Waals surface area contributed by atoms with Crippen LogP contribution in [-0.4, -0.2) is 54.8 Å². The SMILES string of the molecule is CCCCCCCCC[C@@H]1CC(=O)NCC(=O)N[C@@H](CCCC[NH3+])C(=O)N[C@@H](CC(C)C)C(=O)N1.[Cl-]. The molecule has 7 N–H and O–H groups in total. The molecular weight excluding hydrogens is 482 g/mol. The minimum Gasteiger partial charge on any atom is -1.00 e. The topological polar surface area (TPSA) is 144 Å². The lowest BCUT2D eigenvalue weighted by atomic mass is 9.99. The number of hydrogen-bond acceptors (Lipinski definition) is 4. The van der Waals surface area contributed by atoms with Gasteiger partial charge < -0.3 is 39.4 Å². The van der Waals surface area contributed by atoms with Crippen molar-refractivity contribution in [1.29, 1.82) is 0 Å². The highest BCUT2D eigenvalue weighted by Gasteiger charge is 2.29. The first-order valence-electron chi connectivity index (χ1n) is 13.7. The number of carbonyl (C=O) groups excluding carboxylic acids is 4. The molecule has 0 aromatic rings. The third-order valence-electron chi connectivity index (χ3n) is 6.37. The molecule has 10 heteroatoms. The highest BCUT2D eigenvalue weighted by atomic mass is 35.5. The minimum atomic E-state index is -0.752. The Bertz CT molecular complexity index is 662. The van der Waals surface area contributed by atoms with Crippen LogP contribution >= 0.6 is 0 Å². The van der Waals surface area contributed by atoms with Crippen LogP contribution in [0.5, 0.6) is 0 Å². The van der Waals surface area contributed by atoms with Crippen molar-refractivity contribution in [2.24, 2.45) is 5.92 Å². The zero-order chi connectivity index (χ0) is 26.1. The summed E-state index contributed by atoms with van der Waals surface area (Å²) in [6.45, 7) is 6.75. The summed E-state index contributed by atoms with van der Waals surface area (Å²) in [4.78, 5) is 51.2. The first-order valence-corrected chi connectivity index (χ1v) is 13.7. The third-order valence-corrected chi connectivity index (χ3v) is 6.37. The molecule has 1 heterocycles. The van der Waals surface area contributed by atoms with Gasteiger partial charge in [0.05, 0.1) is 13.1 Å². The van der Waals surface area contributed by atoms with Gasteiger partial charge in [0, 0.05) is 12.5 Å². The number of nitrogens with one attached hydrogen (secondary N) is 4. The molecule has 36 heavy (non-hydrogen) atoms. The van der Waals surface area contributed by atoms with Gasteiger partial charge in [0.2, 0.25) is 23.6 Å². The quantitative estimate of drug-likeness (QED) is 0.175. The lowest BCUT2D eigenvalue weighted by Gasteiger charge is -2.26. The molecule has 4 amide bonds. The maximum absolute atomic E-state index is 13.2. The van der Waals surface area contributed by atoms with Crippen LogP contribution in [0.15, 0.2) is 0 Å². The van der Waals surface area contributed by atoms with Gasteiger partial charge in [-0.25, -0.2) is 0 Å². The Kier molecular flexibility index (Phi) is 19.2. The molecule has 1 fully saturated rings. The van der Waals surface area contributed by atoms with Crippen molar-refractivity contribution in [3.63, 3.8) is 0 Å². The summed E-state index contributed by atoms with van der Waals surface area (Å²) in [6.07, 6.45) is 11.4. The summed E-state index contributed by atoms with van der Waals surface area (Å²) in [6, 6.07) is -1.80. The van der Waals surface area contributed by atoms with Crippen molar-refractivity contribution in [3.8, 4) is 0 Å². The van der Waals surface area contributed by atoms with Crippen LogP contribution in [0.25, 0.3) is 0 Å². The van der Waals surface area contributed by atoms with Gasteiger partial charge in [-0.3, -0.25) is 19.2 Å². The average Bonchev–Trinajstić information content (AvgIpc) is 2.80. The van der Waals surface area contributed by atoms with E-state index in [1.54, 1.807) is 0 Å². The van der Waals surface area contributed by atoms with Crippen LogP contribution < -0.4 is 39.4 Å². The molecule has 1 saturated heterocycles. The van der Waals surface area contributed by atoms with Crippen molar-refractivity contribution >= 4 is 23.6 Å². The highest BCUT2D eigenvalue weighted by molar-refractivity contribution is 5.93. The smallest absolute Gasteiger partial charge is 0.243 e. The second-order valence-electron chi connectivity index (χ2n) is 10.3. The van der Waals surface area contributed by atoms with Gasteiger partial charge >= 0.3 is 0 Å². The Morgan fingerprint density at radius 2 is 1.39 bits per heavy atom. The van der Waals surface area contributed by atoms with Crippen molar-refractivity contribution in [2.45, 2.75) is 122 Å². The van der Waals surface area contributed by atoms with Crippen LogP contribution in [0.2, 0.25) is 0 Å². The molecule has 0 bridgehead atoms. The number of amides is 4. The summed E-state index contributed by atoms with van der Waals surface area (Å²) in [5.74, 6) is -1.13. The Morgan fingerprint density at radius 1 is 0.778 bits per heavy atom. The molecule has 3 atom stereocenters. The fourth-order valence-electron chi connectivity index (χ4n) is 4.36. The minimum absolute atomic E-state index is 0. The van der Waals surface area contributed by atoms with E-state index in [0.29, 0.717) is 19.3 Å². The number of unbranched alkanes of at least 4 members (excludes halogenated alkanes) is 7. The van der Waals surface area contributed by atoms with E-state index in [1.807, 2.05) is 13.8 Å². The molecule has 0 radical (unpaired) electrons. The number of rotatable bonds is 14. The fourth-order valence-corrected chi connectivity index (χ4v) is 4.36. The fraction of sp³-hybridized carbons (Fsp3) is 0.846. The van der Waals surface area contributed by atoms with Crippen molar-refractivity contribution in [3.05, 3.63) is 0 Å². The molecule has 1 aliphatic rings. The second kappa shape index (κ2) is 20.2. The van der Waals surface area contributed by atoms with Crippen LogP contribution in [0.1, 0.15) is 104 Å². The standard InChI is InChI=1S/C26H49N5O4.ClH/c1-4-5-6-7-8-9-10-13-20-17-23(32)28-18-24(33)30-21(14-11-12-15-27)25(34)31-22(16-19(2)3)26(35)29-20;/h19-22H,4-18,27H2,1-3H3,(H,28,32)(H,29,35)(H,30,33)(H,31,34);1H/t20-,21+,22+;/m1./s1. The summed E-state index contributed by atoms with van der Waals surface area (Å²) >= 11 is 0. The average molecular weight is 532 g/mol. The molecule has 0 aliphatic carbocycles. The Labute approximate surface area is 223 Å².